The van der Waals surface area contributed by atoms with Crippen LogP contribution in [0.15, 0.2) is 60.7 Å². The Bertz CT molecular complexity index is 858. The van der Waals surface area contributed by atoms with Gasteiger partial charge in [0.1, 0.15) is 6.04 Å². The molecule has 4 N–H and O–H groups in total. The molecule has 0 unspecified atom stereocenters. The fraction of sp³-hybridized carbons (Fsp3) is 0.200. The van der Waals surface area contributed by atoms with Gasteiger partial charge in [-0.2, -0.15) is 0 Å². The first-order valence-electron chi connectivity index (χ1n) is 8.81. The van der Waals surface area contributed by atoms with Gasteiger partial charge in [-0.15, -0.1) is 0 Å². The van der Waals surface area contributed by atoms with Crippen molar-refractivity contribution < 1.29 is 23.9 Å². The molecular formula is C20H22N4O5. The Balaban J connectivity index is 2.03. The topological polar surface area (TPSA) is 126 Å². The van der Waals surface area contributed by atoms with Crippen LogP contribution in [0.2, 0.25) is 0 Å². The molecule has 0 aliphatic carbocycles. The first-order chi connectivity index (χ1) is 13.9. The number of imide groups is 1. The molecule has 9 heteroatoms. The van der Waals surface area contributed by atoms with E-state index in [2.05, 4.69) is 21.3 Å². The fourth-order valence-electron chi connectivity index (χ4n) is 2.30. The Hall–Kier alpha value is -3.88. The van der Waals surface area contributed by atoms with Gasteiger partial charge in [0.05, 0.1) is 0 Å². The molecule has 0 radical (unpaired) electrons. The number of urea groups is 2. The van der Waals surface area contributed by atoms with E-state index in [0.717, 1.165) is 0 Å². The number of hydrogen-bond donors (Lipinski definition) is 4. The third kappa shape index (κ3) is 6.65. The minimum Gasteiger partial charge on any atom is -0.446 e. The number of esters is 1. The van der Waals surface area contributed by atoms with Crippen molar-refractivity contribution in [3.8, 4) is 0 Å². The third-order valence-electron chi connectivity index (χ3n) is 3.77. The molecule has 9 nitrogen and oxygen atoms in total. The molecule has 0 saturated heterocycles. The van der Waals surface area contributed by atoms with Crippen LogP contribution in [0, 0.1) is 0 Å². The molecule has 2 atom stereocenters. The molecule has 0 saturated carbocycles. The maximum absolute atomic E-state index is 12.4. The summed E-state index contributed by atoms with van der Waals surface area (Å²) in [6, 6.07) is 14.5. The van der Waals surface area contributed by atoms with Crippen LogP contribution in [0.1, 0.15) is 18.6 Å². The molecule has 0 spiro atoms. The number of ether oxygens (including phenoxy) is 1. The van der Waals surface area contributed by atoms with Crippen LogP contribution in [0.25, 0.3) is 0 Å². The van der Waals surface area contributed by atoms with Gasteiger partial charge < -0.3 is 20.7 Å². The standard InChI is InChI=1S/C20H22N4O5/c1-13(22-20(28)23-15-11-7-4-8-12-15)18(26)29-16(14-9-5-3-6-10-14)17(25)24-19(27)21-2/h3-13,16H,1-2H3,(H2,22,23,28)(H2,21,24,25,27)/t13-,16-/m0/s1. The van der Waals surface area contributed by atoms with Gasteiger partial charge in [-0.05, 0) is 19.1 Å². The maximum atomic E-state index is 12.4. The molecule has 0 heterocycles. The number of anilines is 1. The predicted octanol–water partition coefficient (Wildman–Crippen LogP) is 1.94. The Morgan fingerprint density at radius 3 is 2.03 bits per heavy atom. The third-order valence-corrected chi connectivity index (χ3v) is 3.77. The van der Waals surface area contributed by atoms with Gasteiger partial charge in [-0.3, -0.25) is 10.1 Å². The zero-order valence-corrected chi connectivity index (χ0v) is 16.0. The van der Waals surface area contributed by atoms with Crippen molar-refractivity contribution in [3.05, 3.63) is 66.2 Å². The molecular weight excluding hydrogens is 376 g/mol. The molecule has 2 rings (SSSR count). The highest BCUT2D eigenvalue weighted by Crippen LogP contribution is 2.18. The first kappa shape index (κ1) is 21.4. The summed E-state index contributed by atoms with van der Waals surface area (Å²) in [7, 11) is 1.35. The fourth-order valence-corrected chi connectivity index (χ4v) is 2.30. The van der Waals surface area contributed by atoms with Crippen LogP contribution >= 0.6 is 0 Å². The van der Waals surface area contributed by atoms with E-state index in [4.69, 9.17) is 4.74 Å². The van der Waals surface area contributed by atoms with Crippen LogP contribution < -0.4 is 21.3 Å². The van der Waals surface area contributed by atoms with E-state index in [1.54, 1.807) is 60.7 Å². The lowest BCUT2D eigenvalue weighted by Crippen LogP contribution is -2.45. The van der Waals surface area contributed by atoms with Crippen LogP contribution in [0.5, 0.6) is 0 Å². The number of para-hydroxylation sites is 1. The van der Waals surface area contributed by atoms with E-state index in [9.17, 15) is 19.2 Å². The number of carbonyl (C=O) groups excluding carboxylic acids is 4. The van der Waals surface area contributed by atoms with Crippen LogP contribution in [-0.4, -0.2) is 37.0 Å². The minimum atomic E-state index is -1.36. The summed E-state index contributed by atoms with van der Waals surface area (Å²) in [5.41, 5.74) is 0.931. The summed E-state index contributed by atoms with van der Waals surface area (Å²) in [5.74, 6) is -1.65. The van der Waals surface area contributed by atoms with Gasteiger partial charge in [0.15, 0.2) is 0 Å². The smallest absolute Gasteiger partial charge is 0.329 e. The lowest BCUT2D eigenvalue weighted by Gasteiger charge is -2.20. The van der Waals surface area contributed by atoms with Crippen molar-refractivity contribution in [2.45, 2.75) is 19.1 Å². The van der Waals surface area contributed by atoms with Crippen molar-refractivity contribution in [2.75, 3.05) is 12.4 Å². The van der Waals surface area contributed by atoms with E-state index in [-0.39, 0.29) is 0 Å². The second-order valence-electron chi connectivity index (χ2n) is 5.98. The summed E-state index contributed by atoms with van der Waals surface area (Å²) in [6.45, 7) is 1.42. The summed E-state index contributed by atoms with van der Waals surface area (Å²) in [5, 5.41) is 9.35. The lowest BCUT2D eigenvalue weighted by atomic mass is 10.1. The largest absolute Gasteiger partial charge is 0.446 e. The molecule has 5 amide bonds. The molecule has 0 aliphatic heterocycles. The minimum absolute atomic E-state index is 0.378. The van der Waals surface area contributed by atoms with E-state index in [1.807, 2.05) is 0 Å². The molecule has 2 aromatic carbocycles. The quantitative estimate of drug-likeness (QED) is 0.553. The molecule has 0 aliphatic rings. The molecule has 0 bridgehead atoms. The highest BCUT2D eigenvalue weighted by molar-refractivity contribution is 5.98. The van der Waals surface area contributed by atoms with E-state index < -0.39 is 36.1 Å². The average molecular weight is 398 g/mol. The number of hydrogen-bond acceptors (Lipinski definition) is 5. The highest BCUT2D eigenvalue weighted by Gasteiger charge is 2.29. The second-order valence-corrected chi connectivity index (χ2v) is 5.98. The summed E-state index contributed by atoms with van der Waals surface area (Å²) < 4.78 is 5.28. The van der Waals surface area contributed by atoms with Gasteiger partial charge in [0.25, 0.3) is 5.91 Å². The summed E-state index contributed by atoms with van der Waals surface area (Å²) in [6.07, 6.45) is -1.36. The molecule has 2 aromatic rings. The van der Waals surface area contributed by atoms with Crippen molar-refractivity contribution in [3.63, 3.8) is 0 Å². The van der Waals surface area contributed by atoms with Crippen molar-refractivity contribution in [2.24, 2.45) is 0 Å². The SMILES string of the molecule is CNC(=O)NC(=O)[C@@H](OC(=O)[C@H](C)NC(=O)Nc1ccccc1)c1ccccc1. The van der Waals surface area contributed by atoms with Crippen molar-refractivity contribution in [1.82, 2.24) is 16.0 Å². The van der Waals surface area contributed by atoms with Crippen LogP contribution in [0.3, 0.4) is 0 Å². The number of amides is 5. The second kappa shape index (κ2) is 10.5. The average Bonchev–Trinajstić information content (AvgIpc) is 2.72. The van der Waals surface area contributed by atoms with Crippen molar-refractivity contribution in [1.29, 1.82) is 0 Å². The zero-order chi connectivity index (χ0) is 21.2. The monoisotopic (exact) mass is 398 g/mol. The van der Waals surface area contributed by atoms with Gasteiger partial charge in [-0.1, -0.05) is 48.5 Å². The Morgan fingerprint density at radius 2 is 1.45 bits per heavy atom. The molecule has 29 heavy (non-hydrogen) atoms. The Labute approximate surface area is 167 Å². The zero-order valence-electron chi connectivity index (χ0n) is 16.0. The Kier molecular flexibility index (Phi) is 7.72. The van der Waals surface area contributed by atoms with Gasteiger partial charge in [0.2, 0.25) is 6.10 Å². The van der Waals surface area contributed by atoms with Gasteiger partial charge in [0, 0.05) is 18.3 Å². The number of carbonyl (C=O) groups is 4. The van der Waals surface area contributed by atoms with E-state index in [1.165, 1.54) is 14.0 Å². The number of benzene rings is 2. The maximum Gasteiger partial charge on any atom is 0.329 e. The lowest BCUT2D eigenvalue weighted by molar-refractivity contribution is -0.157. The number of nitrogens with one attached hydrogen (secondary N) is 4. The Morgan fingerprint density at radius 1 is 0.862 bits per heavy atom. The summed E-state index contributed by atoms with van der Waals surface area (Å²) >= 11 is 0. The predicted molar refractivity (Wildman–Crippen MR) is 106 cm³/mol. The molecule has 0 aromatic heterocycles. The van der Waals surface area contributed by atoms with Gasteiger partial charge in [-0.25, -0.2) is 14.4 Å². The van der Waals surface area contributed by atoms with E-state index >= 15 is 0 Å². The molecule has 152 valence electrons. The van der Waals surface area contributed by atoms with Crippen LogP contribution in [0.4, 0.5) is 15.3 Å². The normalized spacial score (nSPS) is 12.1. The van der Waals surface area contributed by atoms with E-state index in [0.29, 0.717) is 11.3 Å². The van der Waals surface area contributed by atoms with Crippen molar-refractivity contribution >= 4 is 29.6 Å². The summed E-state index contributed by atoms with van der Waals surface area (Å²) in [4.78, 5) is 48.3. The van der Waals surface area contributed by atoms with Crippen LogP contribution in [-0.2, 0) is 14.3 Å². The molecule has 0 fully saturated rings. The van der Waals surface area contributed by atoms with Gasteiger partial charge >= 0.3 is 18.0 Å². The highest BCUT2D eigenvalue weighted by atomic mass is 16.5. The number of rotatable bonds is 6. The first-order valence-corrected chi connectivity index (χ1v) is 8.81.